The van der Waals surface area contributed by atoms with Gasteiger partial charge in [0.05, 0.1) is 12.4 Å². The van der Waals surface area contributed by atoms with E-state index in [0.29, 0.717) is 16.8 Å². The number of aromatic nitrogens is 2. The second kappa shape index (κ2) is 4.90. The number of nitrogens with two attached hydrogens (primary N) is 1. The Morgan fingerprint density at radius 2 is 2.36 bits per heavy atom. The molecule has 1 atom stereocenters. The van der Waals surface area contributed by atoms with Crippen molar-refractivity contribution >= 4 is 27.7 Å². The summed E-state index contributed by atoms with van der Waals surface area (Å²) in [5.41, 5.74) is 5.17. The van der Waals surface area contributed by atoms with Crippen molar-refractivity contribution in [3.8, 4) is 0 Å². The minimum absolute atomic E-state index is 0.391. The average Bonchev–Trinajstić information content (AvgIpc) is 2.16. The molecule has 1 rings (SSSR count). The third kappa shape index (κ3) is 2.95. The van der Waals surface area contributed by atoms with Gasteiger partial charge < -0.3 is 11.1 Å². The molecule has 1 heterocycles. The van der Waals surface area contributed by atoms with E-state index in [1.807, 2.05) is 6.92 Å². The number of hydrogen-bond donors (Lipinski definition) is 2. The summed E-state index contributed by atoms with van der Waals surface area (Å²) in [6.45, 7) is 1.87. The maximum atomic E-state index is 10.9. The zero-order valence-electron chi connectivity index (χ0n) is 7.70. The minimum Gasteiger partial charge on any atom is -0.368 e. The van der Waals surface area contributed by atoms with E-state index in [9.17, 15) is 4.79 Å². The van der Waals surface area contributed by atoms with Gasteiger partial charge in [0.1, 0.15) is 16.5 Å². The Labute approximate surface area is 90.2 Å². The van der Waals surface area contributed by atoms with Gasteiger partial charge in [0.2, 0.25) is 5.91 Å². The van der Waals surface area contributed by atoms with Gasteiger partial charge in [-0.2, -0.15) is 0 Å². The topological polar surface area (TPSA) is 80.9 Å². The van der Waals surface area contributed by atoms with E-state index in [2.05, 4.69) is 31.2 Å². The van der Waals surface area contributed by atoms with Crippen LogP contribution in [-0.4, -0.2) is 21.9 Å². The highest BCUT2D eigenvalue weighted by atomic mass is 79.9. The first-order chi connectivity index (χ1) is 6.63. The van der Waals surface area contributed by atoms with Gasteiger partial charge in [-0.15, -0.1) is 0 Å². The summed E-state index contributed by atoms with van der Waals surface area (Å²) < 4.78 is 0.648. The van der Waals surface area contributed by atoms with Gasteiger partial charge in [-0.05, 0) is 22.4 Å². The molecular weight excluding hydrogens is 248 g/mol. The van der Waals surface area contributed by atoms with Crippen molar-refractivity contribution in [2.24, 2.45) is 5.73 Å². The number of hydrogen-bond acceptors (Lipinski definition) is 4. The second-order valence-corrected chi connectivity index (χ2v) is 3.54. The molecule has 0 saturated carbocycles. The standard InChI is InChI=1S/C8H11BrN4O/c1-2-5(8(10)14)13-7-4-11-6(9)3-12-7/h3-5H,2H2,1H3,(H2,10,14)(H,12,13). The number of carbonyl (C=O) groups is 1. The molecule has 0 radical (unpaired) electrons. The van der Waals surface area contributed by atoms with Gasteiger partial charge in [0.15, 0.2) is 0 Å². The monoisotopic (exact) mass is 258 g/mol. The van der Waals surface area contributed by atoms with Crippen molar-refractivity contribution in [3.63, 3.8) is 0 Å². The molecule has 1 aromatic rings. The first-order valence-corrected chi connectivity index (χ1v) is 4.96. The zero-order valence-corrected chi connectivity index (χ0v) is 9.28. The van der Waals surface area contributed by atoms with Crippen LogP contribution in [0.15, 0.2) is 17.0 Å². The van der Waals surface area contributed by atoms with E-state index in [-0.39, 0.29) is 0 Å². The Morgan fingerprint density at radius 1 is 1.64 bits per heavy atom. The Morgan fingerprint density at radius 3 is 2.79 bits per heavy atom. The molecule has 76 valence electrons. The van der Waals surface area contributed by atoms with Gasteiger partial charge in [-0.1, -0.05) is 6.92 Å². The number of nitrogens with zero attached hydrogens (tertiary/aromatic N) is 2. The predicted octanol–water partition coefficient (Wildman–Crippen LogP) is 0.915. The summed E-state index contributed by atoms with van der Waals surface area (Å²) in [4.78, 5) is 18.9. The average molecular weight is 259 g/mol. The summed E-state index contributed by atoms with van der Waals surface area (Å²) in [5, 5.41) is 2.89. The lowest BCUT2D eigenvalue weighted by Gasteiger charge is -2.12. The van der Waals surface area contributed by atoms with Gasteiger partial charge >= 0.3 is 0 Å². The molecule has 0 saturated heterocycles. The predicted molar refractivity (Wildman–Crippen MR) is 56.6 cm³/mol. The fourth-order valence-corrected chi connectivity index (χ4v) is 1.14. The van der Waals surface area contributed by atoms with Crippen LogP contribution in [0.5, 0.6) is 0 Å². The lowest BCUT2D eigenvalue weighted by Crippen LogP contribution is -2.35. The van der Waals surface area contributed by atoms with E-state index in [1.54, 1.807) is 6.20 Å². The van der Waals surface area contributed by atoms with Crippen LogP contribution in [0.3, 0.4) is 0 Å². The van der Waals surface area contributed by atoms with E-state index >= 15 is 0 Å². The normalized spacial score (nSPS) is 12.1. The molecule has 0 aliphatic rings. The fourth-order valence-electron chi connectivity index (χ4n) is 0.940. The molecule has 1 aromatic heterocycles. The van der Waals surface area contributed by atoms with Gasteiger partial charge in [0.25, 0.3) is 0 Å². The van der Waals surface area contributed by atoms with Crippen molar-refractivity contribution in [3.05, 3.63) is 17.0 Å². The molecule has 0 aliphatic carbocycles. The summed E-state index contributed by atoms with van der Waals surface area (Å²) in [6.07, 6.45) is 3.71. The highest BCUT2D eigenvalue weighted by molar-refractivity contribution is 9.10. The highest BCUT2D eigenvalue weighted by Crippen LogP contribution is 2.08. The van der Waals surface area contributed by atoms with Crippen LogP contribution in [0.2, 0.25) is 0 Å². The molecule has 0 spiro atoms. The molecule has 1 unspecified atom stereocenters. The molecule has 1 amide bonds. The molecule has 0 aromatic carbocycles. The van der Waals surface area contributed by atoms with Crippen LogP contribution in [0.4, 0.5) is 5.82 Å². The van der Waals surface area contributed by atoms with E-state index in [1.165, 1.54) is 6.20 Å². The molecule has 5 nitrogen and oxygen atoms in total. The van der Waals surface area contributed by atoms with Gasteiger partial charge in [-0.25, -0.2) is 9.97 Å². The van der Waals surface area contributed by atoms with E-state index < -0.39 is 11.9 Å². The Hall–Kier alpha value is -1.17. The summed E-state index contributed by atoms with van der Waals surface area (Å²) in [5.74, 6) is 0.149. The highest BCUT2D eigenvalue weighted by Gasteiger charge is 2.12. The number of amides is 1. The van der Waals surface area contributed by atoms with Crippen molar-refractivity contribution in [1.29, 1.82) is 0 Å². The number of rotatable bonds is 4. The number of primary amides is 1. The van der Waals surface area contributed by atoms with Crippen LogP contribution < -0.4 is 11.1 Å². The van der Waals surface area contributed by atoms with E-state index in [0.717, 1.165) is 0 Å². The third-order valence-electron chi connectivity index (χ3n) is 1.69. The van der Waals surface area contributed by atoms with Gasteiger partial charge in [0, 0.05) is 0 Å². The van der Waals surface area contributed by atoms with Crippen LogP contribution in [0.25, 0.3) is 0 Å². The Bertz CT molecular complexity index is 314. The number of carbonyl (C=O) groups excluding carboxylic acids is 1. The summed E-state index contributed by atoms with van der Waals surface area (Å²) in [7, 11) is 0. The number of halogens is 1. The molecular formula is C8H11BrN4O. The first kappa shape index (κ1) is 10.9. The van der Waals surface area contributed by atoms with Crippen molar-refractivity contribution in [2.45, 2.75) is 19.4 Å². The largest absolute Gasteiger partial charge is 0.368 e. The van der Waals surface area contributed by atoms with Crippen LogP contribution >= 0.6 is 15.9 Å². The summed E-state index contributed by atoms with van der Waals surface area (Å²) >= 11 is 3.16. The molecule has 6 heteroatoms. The quantitative estimate of drug-likeness (QED) is 0.842. The number of anilines is 1. The first-order valence-electron chi connectivity index (χ1n) is 4.17. The fraction of sp³-hybridized carbons (Fsp3) is 0.375. The maximum absolute atomic E-state index is 10.9. The van der Waals surface area contributed by atoms with Crippen molar-refractivity contribution < 1.29 is 4.79 Å². The molecule has 14 heavy (non-hydrogen) atoms. The second-order valence-electron chi connectivity index (χ2n) is 2.73. The SMILES string of the molecule is CCC(Nc1cnc(Br)cn1)C(N)=O. The Kier molecular flexibility index (Phi) is 3.82. The van der Waals surface area contributed by atoms with Gasteiger partial charge in [-0.3, -0.25) is 4.79 Å². The lowest BCUT2D eigenvalue weighted by molar-refractivity contribution is -0.118. The smallest absolute Gasteiger partial charge is 0.239 e. The number of nitrogens with one attached hydrogen (secondary N) is 1. The molecule has 0 bridgehead atoms. The minimum atomic E-state index is -0.398. The van der Waals surface area contributed by atoms with Crippen LogP contribution in [0.1, 0.15) is 13.3 Å². The molecule has 0 fully saturated rings. The van der Waals surface area contributed by atoms with Crippen LogP contribution in [0, 0.1) is 0 Å². The third-order valence-corrected chi connectivity index (χ3v) is 2.10. The zero-order chi connectivity index (χ0) is 10.6. The Balaban J connectivity index is 2.67. The van der Waals surface area contributed by atoms with Crippen molar-refractivity contribution in [1.82, 2.24) is 9.97 Å². The summed E-state index contributed by atoms with van der Waals surface area (Å²) in [6, 6.07) is -0.398. The van der Waals surface area contributed by atoms with Crippen molar-refractivity contribution in [2.75, 3.05) is 5.32 Å². The maximum Gasteiger partial charge on any atom is 0.239 e. The molecule has 0 aliphatic heterocycles. The lowest BCUT2D eigenvalue weighted by atomic mass is 10.2. The van der Waals surface area contributed by atoms with Crippen LogP contribution in [-0.2, 0) is 4.79 Å². The molecule has 3 N–H and O–H groups in total. The van der Waals surface area contributed by atoms with E-state index in [4.69, 9.17) is 5.73 Å².